The molecule has 2 heterocycles. The van der Waals surface area contributed by atoms with Gasteiger partial charge in [-0.1, -0.05) is 46.0 Å². The Bertz CT molecular complexity index is 800. The lowest BCUT2D eigenvalue weighted by molar-refractivity contribution is -0.135. The summed E-state index contributed by atoms with van der Waals surface area (Å²) in [5.74, 6) is 3.25. The average molecular weight is 495 g/mol. The van der Waals surface area contributed by atoms with E-state index < -0.39 is 12.1 Å². The molecule has 1 aromatic heterocycles. The fourth-order valence-electron chi connectivity index (χ4n) is 6.43. The van der Waals surface area contributed by atoms with Crippen molar-refractivity contribution in [3.05, 3.63) is 17.7 Å². The van der Waals surface area contributed by atoms with Gasteiger partial charge in [0.2, 0.25) is 5.91 Å². The minimum Gasteiger partial charge on any atom is -0.453 e. The lowest BCUT2D eigenvalue weighted by Gasteiger charge is -2.35. The summed E-state index contributed by atoms with van der Waals surface area (Å²) in [6.07, 6.45) is 15.6. The number of carbonyl (C=O) groups is 2. The zero-order valence-corrected chi connectivity index (χ0v) is 21.9. The number of amides is 2. The number of H-pyrrole nitrogens is 1. The third kappa shape index (κ3) is 6.07. The number of hydrogen-bond acceptors (Lipinski definition) is 4. The van der Waals surface area contributed by atoms with Gasteiger partial charge < -0.3 is 19.9 Å². The molecule has 3 fully saturated rings. The lowest BCUT2D eigenvalue weighted by Crippen LogP contribution is -2.51. The van der Waals surface area contributed by atoms with Crippen LogP contribution >= 0.6 is 12.4 Å². The monoisotopic (exact) mass is 494 g/mol. The second-order valence-corrected chi connectivity index (χ2v) is 10.8. The molecule has 1 aromatic rings. The van der Waals surface area contributed by atoms with Crippen molar-refractivity contribution in [2.24, 2.45) is 17.8 Å². The molecule has 2 atom stereocenters. The number of halogens is 1. The van der Waals surface area contributed by atoms with Crippen molar-refractivity contribution in [3.8, 4) is 0 Å². The summed E-state index contributed by atoms with van der Waals surface area (Å²) >= 11 is 0. The summed E-state index contributed by atoms with van der Waals surface area (Å²) in [5, 5.41) is 2.72. The fraction of sp³-hybridized carbons (Fsp3) is 0.808. The minimum absolute atomic E-state index is 0. The molecule has 4 rings (SSSR count). The van der Waals surface area contributed by atoms with Crippen LogP contribution in [-0.2, 0) is 9.53 Å². The summed E-state index contributed by atoms with van der Waals surface area (Å²) in [7, 11) is 1.32. The third-order valence-corrected chi connectivity index (χ3v) is 8.39. The zero-order valence-electron chi connectivity index (χ0n) is 21.1. The maximum Gasteiger partial charge on any atom is 0.407 e. The van der Waals surface area contributed by atoms with Crippen molar-refractivity contribution in [1.82, 2.24) is 20.2 Å². The average Bonchev–Trinajstić information content (AvgIpc) is 3.52. The van der Waals surface area contributed by atoms with Crippen LogP contribution in [0, 0.1) is 17.8 Å². The summed E-state index contributed by atoms with van der Waals surface area (Å²) < 4.78 is 4.73. The Morgan fingerprint density at radius 1 is 1.03 bits per heavy atom. The molecule has 192 valence electrons. The molecule has 0 radical (unpaired) electrons. The van der Waals surface area contributed by atoms with E-state index in [2.05, 4.69) is 10.3 Å². The van der Waals surface area contributed by atoms with Crippen LogP contribution in [0.5, 0.6) is 0 Å². The van der Waals surface area contributed by atoms with Gasteiger partial charge in [-0.15, -0.1) is 12.4 Å². The van der Waals surface area contributed by atoms with E-state index in [1.165, 1.54) is 70.6 Å². The Hall–Kier alpha value is -1.76. The first-order chi connectivity index (χ1) is 16.0. The van der Waals surface area contributed by atoms with E-state index in [4.69, 9.17) is 9.72 Å². The van der Waals surface area contributed by atoms with Gasteiger partial charge >= 0.3 is 6.09 Å². The predicted molar refractivity (Wildman–Crippen MR) is 135 cm³/mol. The van der Waals surface area contributed by atoms with E-state index in [1.54, 1.807) is 0 Å². The topological polar surface area (TPSA) is 87.3 Å². The van der Waals surface area contributed by atoms with Crippen LogP contribution in [0.3, 0.4) is 0 Å². The molecule has 1 aliphatic heterocycles. The van der Waals surface area contributed by atoms with Gasteiger partial charge in [0.15, 0.2) is 0 Å². The summed E-state index contributed by atoms with van der Waals surface area (Å²) in [4.78, 5) is 35.3. The number of nitrogens with one attached hydrogen (secondary N) is 2. The number of imidazole rings is 1. The quantitative estimate of drug-likeness (QED) is 0.528. The van der Waals surface area contributed by atoms with Gasteiger partial charge in [0.1, 0.15) is 11.9 Å². The van der Waals surface area contributed by atoms with Crippen LogP contribution in [-0.4, -0.2) is 46.6 Å². The van der Waals surface area contributed by atoms with Crippen LogP contribution in [0.4, 0.5) is 4.79 Å². The number of rotatable bonds is 6. The Balaban J connectivity index is 0.00000324. The van der Waals surface area contributed by atoms with Crippen LogP contribution in [0.25, 0.3) is 0 Å². The Kier molecular flexibility index (Phi) is 9.69. The number of methoxy groups -OCH3 is 1. The Morgan fingerprint density at radius 3 is 2.35 bits per heavy atom. The highest BCUT2D eigenvalue weighted by atomic mass is 35.5. The highest BCUT2D eigenvalue weighted by Crippen LogP contribution is 2.43. The van der Waals surface area contributed by atoms with Gasteiger partial charge in [0.25, 0.3) is 0 Å². The first-order valence-corrected chi connectivity index (χ1v) is 13.2. The number of nitrogens with zero attached hydrogens (tertiary/aromatic N) is 2. The molecule has 8 heteroatoms. The highest BCUT2D eigenvalue weighted by Gasteiger charge is 2.38. The molecule has 0 unspecified atom stereocenters. The molecule has 0 bridgehead atoms. The molecule has 7 nitrogen and oxygen atoms in total. The highest BCUT2D eigenvalue weighted by molar-refractivity contribution is 5.86. The number of carbonyl (C=O) groups excluding carboxylic acids is 2. The number of aromatic amines is 1. The van der Waals surface area contributed by atoms with Crippen molar-refractivity contribution in [3.63, 3.8) is 0 Å². The fourth-order valence-corrected chi connectivity index (χ4v) is 6.43. The number of likely N-dealkylation sites (tertiary alicyclic amines) is 1. The van der Waals surface area contributed by atoms with Gasteiger partial charge in [0.05, 0.1) is 13.2 Å². The van der Waals surface area contributed by atoms with Gasteiger partial charge in [-0.3, -0.25) is 4.79 Å². The molecule has 0 aromatic carbocycles. The largest absolute Gasteiger partial charge is 0.453 e. The molecule has 0 spiro atoms. The van der Waals surface area contributed by atoms with Crippen molar-refractivity contribution < 1.29 is 14.3 Å². The minimum atomic E-state index is -0.595. The van der Waals surface area contributed by atoms with E-state index in [-0.39, 0.29) is 30.3 Å². The smallest absolute Gasteiger partial charge is 0.407 e. The Labute approximate surface area is 210 Å². The van der Waals surface area contributed by atoms with Gasteiger partial charge in [0, 0.05) is 24.4 Å². The predicted octanol–water partition coefficient (Wildman–Crippen LogP) is 5.73. The van der Waals surface area contributed by atoms with E-state index in [1.807, 2.05) is 24.9 Å². The molecular formula is C26H43ClN4O3. The summed E-state index contributed by atoms with van der Waals surface area (Å²) in [6.45, 7) is 4.58. The molecular weight excluding hydrogens is 452 g/mol. The first-order valence-electron chi connectivity index (χ1n) is 13.2. The van der Waals surface area contributed by atoms with Crippen molar-refractivity contribution >= 4 is 24.4 Å². The summed E-state index contributed by atoms with van der Waals surface area (Å²) in [5.41, 5.74) is 1.24. The van der Waals surface area contributed by atoms with E-state index >= 15 is 0 Å². The molecule has 34 heavy (non-hydrogen) atoms. The molecule has 1 saturated heterocycles. The van der Waals surface area contributed by atoms with E-state index in [0.717, 1.165) is 30.5 Å². The van der Waals surface area contributed by atoms with Crippen LogP contribution in [0.1, 0.15) is 108 Å². The number of hydrogen-bond donors (Lipinski definition) is 2. The third-order valence-electron chi connectivity index (χ3n) is 8.39. The van der Waals surface area contributed by atoms with Crippen molar-refractivity contribution in [1.29, 1.82) is 0 Å². The van der Waals surface area contributed by atoms with Gasteiger partial charge in [-0.25, -0.2) is 9.78 Å². The van der Waals surface area contributed by atoms with Crippen LogP contribution in [0.15, 0.2) is 6.20 Å². The Morgan fingerprint density at radius 2 is 1.71 bits per heavy atom. The van der Waals surface area contributed by atoms with Gasteiger partial charge in [-0.2, -0.15) is 0 Å². The standard InChI is InChI=1S/C26H42N4O3.ClH/c1-17(2)23(29-26(32)33-3)25(31)30-15-7-10-22(30)24-27-16-21(28-24)20-13-11-19(12-14-20)18-8-5-4-6-9-18;/h16-20,22-23H,4-15H2,1-3H3,(H,27,28)(H,29,32);1H/t19?,20?,22-,23-;/m0./s1. The molecule has 2 aliphatic carbocycles. The maximum atomic E-state index is 13.3. The molecule has 3 aliphatic rings. The number of ether oxygens (including phenoxy) is 1. The summed E-state index contributed by atoms with van der Waals surface area (Å²) in [6, 6.07) is -0.645. The van der Waals surface area contributed by atoms with E-state index in [0.29, 0.717) is 12.5 Å². The normalized spacial score (nSPS) is 26.7. The zero-order chi connectivity index (χ0) is 23.4. The van der Waals surface area contributed by atoms with Crippen LogP contribution < -0.4 is 5.32 Å². The lowest BCUT2D eigenvalue weighted by atomic mass is 9.70. The SMILES string of the molecule is COC(=O)N[C@H](C(=O)N1CCC[C@H]1c1ncc(C2CCC(C3CCCCC3)CC2)[nH]1)C(C)C.Cl. The number of aromatic nitrogens is 2. The van der Waals surface area contributed by atoms with Gasteiger partial charge in [-0.05, 0) is 56.3 Å². The first kappa shape index (κ1) is 26.8. The number of alkyl carbamates (subject to hydrolysis) is 1. The van der Waals surface area contributed by atoms with Crippen LogP contribution in [0.2, 0.25) is 0 Å². The second kappa shape index (κ2) is 12.3. The molecule has 2 saturated carbocycles. The molecule has 2 N–H and O–H groups in total. The van der Waals surface area contributed by atoms with Crippen molar-refractivity contribution in [2.75, 3.05) is 13.7 Å². The molecule has 2 amide bonds. The van der Waals surface area contributed by atoms with Crippen molar-refractivity contribution in [2.45, 2.75) is 102 Å². The second-order valence-electron chi connectivity index (χ2n) is 10.8. The maximum absolute atomic E-state index is 13.3. The van der Waals surface area contributed by atoms with E-state index in [9.17, 15) is 9.59 Å².